The molecule has 0 N–H and O–H groups in total. The second-order valence-electron chi connectivity index (χ2n) is 5.39. The molecule has 0 atom stereocenters. The fourth-order valence-electron chi connectivity index (χ4n) is 2.44. The molecule has 1 heterocycles. The van der Waals surface area contributed by atoms with Crippen LogP contribution in [0.5, 0.6) is 5.75 Å². The summed E-state index contributed by atoms with van der Waals surface area (Å²) in [6.07, 6.45) is 0.851. The van der Waals surface area contributed by atoms with Gasteiger partial charge < -0.3 is 9.64 Å². The summed E-state index contributed by atoms with van der Waals surface area (Å²) in [6.45, 7) is 7.66. The van der Waals surface area contributed by atoms with Crippen molar-refractivity contribution in [2.75, 3.05) is 26.2 Å². The van der Waals surface area contributed by atoms with Gasteiger partial charge in [-0.3, -0.25) is 0 Å². The number of ether oxygens (including phenoxy) is 1. The van der Waals surface area contributed by atoms with E-state index in [0.29, 0.717) is 23.3 Å². The molecule has 0 bridgehead atoms. The number of benzene rings is 1. The molecule has 1 aromatic carbocycles. The van der Waals surface area contributed by atoms with Crippen LogP contribution in [0.25, 0.3) is 10.9 Å². The zero-order chi connectivity index (χ0) is 17.7. The van der Waals surface area contributed by atoms with E-state index in [4.69, 9.17) is 39.5 Å². The SMILES string of the molecule is CCN(CC)CCCOc1cc(C(Cl)(Cl)Cl)nc2ccc(F)cc12. The Kier molecular flexibility index (Phi) is 6.93. The molecule has 0 aliphatic heterocycles. The van der Waals surface area contributed by atoms with Gasteiger partial charge in [0.1, 0.15) is 11.6 Å². The molecule has 0 fully saturated rings. The lowest BCUT2D eigenvalue weighted by Crippen LogP contribution is -2.25. The number of pyridine rings is 1. The molecule has 0 aliphatic rings. The van der Waals surface area contributed by atoms with Crippen molar-refractivity contribution in [2.24, 2.45) is 0 Å². The van der Waals surface area contributed by atoms with Crippen molar-refractivity contribution in [2.45, 2.75) is 24.1 Å². The van der Waals surface area contributed by atoms with Crippen molar-refractivity contribution < 1.29 is 9.13 Å². The van der Waals surface area contributed by atoms with Gasteiger partial charge in [0.25, 0.3) is 0 Å². The molecule has 0 radical (unpaired) electrons. The Labute approximate surface area is 156 Å². The number of fused-ring (bicyclic) bond motifs is 1. The lowest BCUT2D eigenvalue weighted by atomic mass is 10.2. The van der Waals surface area contributed by atoms with E-state index in [-0.39, 0.29) is 11.5 Å². The van der Waals surface area contributed by atoms with Gasteiger partial charge in [0.2, 0.25) is 3.79 Å². The van der Waals surface area contributed by atoms with Crippen molar-refractivity contribution >= 4 is 45.7 Å². The molecule has 0 aliphatic carbocycles. The van der Waals surface area contributed by atoms with Gasteiger partial charge in [-0.1, -0.05) is 48.7 Å². The summed E-state index contributed by atoms with van der Waals surface area (Å²) in [5.74, 6) is 0.110. The average molecular weight is 394 g/mol. The third-order valence-corrected chi connectivity index (χ3v) is 4.37. The maximum atomic E-state index is 13.6. The zero-order valence-electron chi connectivity index (χ0n) is 13.7. The van der Waals surface area contributed by atoms with Crippen LogP contribution < -0.4 is 4.74 Å². The normalized spacial score (nSPS) is 12.1. The third-order valence-electron chi connectivity index (χ3n) is 3.79. The smallest absolute Gasteiger partial charge is 0.232 e. The molecular weight excluding hydrogens is 374 g/mol. The van der Waals surface area contributed by atoms with E-state index in [1.54, 1.807) is 12.1 Å². The molecule has 0 unspecified atom stereocenters. The van der Waals surface area contributed by atoms with E-state index in [9.17, 15) is 4.39 Å². The minimum absolute atomic E-state index is 0.255. The number of aromatic nitrogens is 1. The highest BCUT2D eigenvalue weighted by atomic mass is 35.6. The quantitative estimate of drug-likeness (QED) is 0.471. The van der Waals surface area contributed by atoms with Gasteiger partial charge in [0.15, 0.2) is 0 Å². The van der Waals surface area contributed by atoms with Crippen LogP contribution in [0.15, 0.2) is 24.3 Å². The minimum atomic E-state index is -1.66. The minimum Gasteiger partial charge on any atom is -0.493 e. The first kappa shape index (κ1) is 19.5. The van der Waals surface area contributed by atoms with Crippen LogP contribution in [-0.4, -0.2) is 36.1 Å². The molecule has 0 saturated heterocycles. The van der Waals surface area contributed by atoms with Crippen LogP contribution in [0.1, 0.15) is 26.0 Å². The Morgan fingerprint density at radius 2 is 1.88 bits per heavy atom. The van der Waals surface area contributed by atoms with E-state index in [0.717, 1.165) is 26.1 Å². The summed E-state index contributed by atoms with van der Waals surface area (Å²) >= 11 is 17.8. The van der Waals surface area contributed by atoms with E-state index >= 15 is 0 Å². The van der Waals surface area contributed by atoms with Gasteiger partial charge in [-0.2, -0.15) is 0 Å². The molecular formula is C17H20Cl3FN2O. The van der Waals surface area contributed by atoms with Crippen LogP contribution in [0, 0.1) is 5.82 Å². The van der Waals surface area contributed by atoms with Gasteiger partial charge in [0.05, 0.1) is 17.8 Å². The number of hydrogen-bond acceptors (Lipinski definition) is 3. The van der Waals surface area contributed by atoms with Crippen molar-refractivity contribution in [1.82, 2.24) is 9.88 Å². The maximum absolute atomic E-state index is 13.6. The summed E-state index contributed by atoms with van der Waals surface area (Å²) in [4.78, 5) is 6.59. The summed E-state index contributed by atoms with van der Waals surface area (Å²) in [7, 11) is 0. The molecule has 3 nitrogen and oxygen atoms in total. The fraction of sp³-hybridized carbons (Fsp3) is 0.471. The van der Waals surface area contributed by atoms with Gasteiger partial charge in [-0.15, -0.1) is 0 Å². The summed E-state index contributed by atoms with van der Waals surface area (Å²) in [5.41, 5.74) is 0.782. The van der Waals surface area contributed by atoms with Gasteiger partial charge in [0, 0.05) is 18.0 Å². The van der Waals surface area contributed by atoms with E-state index in [1.165, 1.54) is 12.1 Å². The highest BCUT2D eigenvalue weighted by molar-refractivity contribution is 6.66. The summed E-state index contributed by atoms with van der Waals surface area (Å²) in [6, 6.07) is 5.81. The summed E-state index contributed by atoms with van der Waals surface area (Å²) < 4.78 is 17.7. The molecule has 2 rings (SSSR count). The average Bonchev–Trinajstić information content (AvgIpc) is 2.54. The Hall–Kier alpha value is -0.810. The van der Waals surface area contributed by atoms with Crippen LogP contribution >= 0.6 is 34.8 Å². The van der Waals surface area contributed by atoms with Gasteiger partial charge >= 0.3 is 0 Å². The lowest BCUT2D eigenvalue weighted by molar-refractivity contribution is 0.250. The van der Waals surface area contributed by atoms with Crippen LogP contribution in [-0.2, 0) is 3.79 Å². The Morgan fingerprint density at radius 3 is 2.50 bits per heavy atom. The highest BCUT2D eigenvalue weighted by Crippen LogP contribution is 2.40. The first-order valence-corrected chi connectivity index (χ1v) is 9.01. The largest absolute Gasteiger partial charge is 0.493 e. The van der Waals surface area contributed by atoms with Crippen molar-refractivity contribution in [1.29, 1.82) is 0 Å². The number of nitrogens with zero attached hydrogens (tertiary/aromatic N) is 2. The molecule has 0 spiro atoms. The van der Waals surface area contributed by atoms with E-state index in [2.05, 4.69) is 23.7 Å². The predicted octanol–water partition coefficient (Wildman–Crippen LogP) is 5.31. The van der Waals surface area contributed by atoms with Crippen molar-refractivity contribution in [3.63, 3.8) is 0 Å². The van der Waals surface area contributed by atoms with Crippen LogP contribution in [0.4, 0.5) is 4.39 Å². The molecule has 0 amide bonds. The summed E-state index contributed by atoms with van der Waals surface area (Å²) in [5, 5.41) is 0.566. The number of rotatable bonds is 7. The molecule has 1 aromatic heterocycles. The topological polar surface area (TPSA) is 25.4 Å². The third kappa shape index (κ3) is 5.09. The molecule has 7 heteroatoms. The molecule has 132 valence electrons. The van der Waals surface area contributed by atoms with Gasteiger partial charge in [-0.05, 0) is 37.7 Å². The fourth-order valence-corrected chi connectivity index (χ4v) is 2.73. The second kappa shape index (κ2) is 8.52. The monoisotopic (exact) mass is 392 g/mol. The lowest BCUT2D eigenvalue weighted by Gasteiger charge is -2.18. The van der Waals surface area contributed by atoms with Crippen LogP contribution in [0.2, 0.25) is 0 Å². The predicted molar refractivity (Wildman–Crippen MR) is 98.8 cm³/mol. The Morgan fingerprint density at radius 1 is 1.17 bits per heavy atom. The number of alkyl halides is 3. The van der Waals surface area contributed by atoms with Crippen LogP contribution in [0.3, 0.4) is 0 Å². The maximum Gasteiger partial charge on any atom is 0.232 e. The first-order valence-electron chi connectivity index (χ1n) is 7.87. The molecule has 0 saturated carbocycles. The van der Waals surface area contributed by atoms with Crippen molar-refractivity contribution in [3.8, 4) is 5.75 Å². The number of halogens is 4. The zero-order valence-corrected chi connectivity index (χ0v) is 15.9. The standard InChI is InChI=1S/C17H20Cl3FN2O/c1-3-23(4-2)8-5-9-24-15-11-16(17(18,19)20)22-14-7-6-12(21)10-13(14)15/h6-7,10-11H,3-5,8-9H2,1-2H3. The van der Waals surface area contributed by atoms with E-state index in [1.807, 2.05) is 0 Å². The number of hydrogen-bond donors (Lipinski definition) is 0. The van der Waals surface area contributed by atoms with Crippen molar-refractivity contribution in [3.05, 3.63) is 35.8 Å². The molecule has 2 aromatic rings. The van der Waals surface area contributed by atoms with E-state index < -0.39 is 3.79 Å². The highest BCUT2D eigenvalue weighted by Gasteiger charge is 2.26. The Balaban J connectivity index is 2.22. The first-order chi connectivity index (χ1) is 11.3. The Bertz CT molecular complexity index is 687. The molecule has 24 heavy (non-hydrogen) atoms. The van der Waals surface area contributed by atoms with Gasteiger partial charge in [-0.25, -0.2) is 9.37 Å². The second-order valence-corrected chi connectivity index (χ2v) is 7.67.